The second-order valence-corrected chi connectivity index (χ2v) is 5.45. The number of likely N-dealkylation sites (tertiary alicyclic amines) is 1. The van der Waals surface area contributed by atoms with Gasteiger partial charge in [-0.1, -0.05) is 13.3 Å². The van der Waals surface area contributed by atoms with E-state index in [1.807, 2.05) is 6.92 Å². The average molecular weight is 295 g/mol. The number of nitrogens with zero attached hydrogens (tertiary/aromatic N) is 3. The van der Waals surface area contributed by atoms with Crippen LogP contribution in [0.1, 0.15) is 38.4 Å². The Morgan fingerprint density at radius 2 is 2.38 bits per heavy atom. The third-order valence-electron chi connectivity index (χ3n) is 3.92. The van der Waals surface area contributed by atoms with E-state index >= 15 is 0 Å². The first-order chi connectivity index (χ1) is 10.1. The number of carbonyl (C=O) groups excluding carboxylic acids is 1. The molecule has 2 rings (SSSR count). The normalized spacial score (nSPS) is 22.0. The van der Waals surface area contributed by atoms with Crippen LogP contribution in [0.25, 0.3) is 0 Å². The van der Waals surface area contributed by atoms with Gasteiger partial charge in [0.2, 0.25) is 0 Å². The minimum atomic E-state index is -0.809. The van der Waals surface area contributed by atoms with Crippen LogP contribution >= 0.6 is 0 Å². The number of piperidine rings is 1. The highest BCUT2D eigenvalue weighted by molar-refractivity contribution is 5.78. The third kappa shape index (κ3) is 3.50. The van der Waals surface area contributed by atoms with Crippen LogP contribution in [0.5, 0.6) is 0 Å². The number of carbonyl (C=O) groups is 2. The minimum absolute atomic E-state index is 0.253. The molecule has 1 aromatic rings. The van der Waals surface area contributed by atoms with Crippen LogP contribution in [0, 0.1) is 5.41 Å². The van der Waals surface area contributed by atoms with Crippen LogP contribution in [-0.4, -0.2) is 50.3 Å². The van der Waals surface area contributed by atoms with Crippen molar-refractivity contribution in [1.82, 2.24) is 25.4 Å². The number of rotatable bonds is 5. The molecule has 1 aliphatic rings. The number of aliphatic carboxylic acids is 1. The molecule has 1 fully saturated rings. The second kappa shape index (κ2) is 6.55. The topological polar surface area (TPSA) is 111 Å². The smallest absolute Gasteiger partial charge is 0.317 e. The first kappa shape index (κ1) is 15.3. The van der Waals surface area contributed by atoms with E-state index in [1.54, 1.807) is 4.90 Å². The molecule has 0 radical (unpaired) electrons. The lowest BCUT2D eigenvalue weighted by molar-refractivity contribution is -0.152. The zero-order valence-corrected chi connectivity index (χ0v) is 12.1. The van der Waals surface area contributed by atoms with Gasteiger partial charge in [-0.25, -0.2) is 9.78 Å². The maximum atomic E-state index is 12.2. The van der Waals surface area contributed by atoms with E-state index in [0.29, 0.717) is 31.6 Å². The number of carboxylic acid groups (broad SMARTS) is 1. The van der Waals surface area contributed by atoms with Crippen molar-refractivity contribution in [3.63, 3.8) is 0 Å². The van der Waals surface area contributed by atoms with Crippen LogP contribution in [0.2, 0.25) is 0 Å². The van der Waals surface area contributed by atoms with Crippen molar-refractivity contribution in [2.24, 2.45) is 5.41 Å². The van der Waals surface area contributed by atoms with Gasteiger partial charge in [-0.2, -0.15) is 5.10 Å². The van der Waals surface area contributed by atoms with Crippen LogP contribution in [0.3, 0.4) is 0 Å². The highest BCUT2D eigenvalue weighted by Gasteiger charge is 2.42. The van der Waals surface area contributed by atoms with Crippen molar-refractivity contribution in [2.45, 2.75) is 39.2 Å². The molecule has 0 aliphatic carbocycles. The molecule has 3 N–H and O–H groups in total. The molecule has 1 atom stereocenters. The Morgan fingerprint density at radius 1 is 1.57 bits per heavy atom. The summed E-state index contributed by atoms with van der Waals surface area (Å²) >= 11 is 0. The fraction of sp³-hybridized carbons (Fsp3) is 0.692. The predicted molar refractivity (Wildman–Crippen MR) is 74.4 cm³/mol. The quantitative estimate of drug-likeness (QED) is 0.750. The maximum absolute atomic E-state index is 12.2. The number of aromatic nitrogens is 3. The summed E-state index contributed by atoms with van der Waals surface area (Å²) in [5.74, 6) is -0.240. The van der Waals surface area contributed by atoms with Gasteiger partial charge in [0, 0.05) is 13.1 Å². The van der Waals surface area contributed by atoms with Gasteiger partial charge < -0.3 is 15.3 Å². The summed E-state index contributed by atoms with van der Waals surface area (Å²) in [4.78, 5) is 29.3. The lowest BCUT2D eigenvalue weighted by Gasteiger charge is -2.39. The standard InChI is InChI=1S/C13H21N5O3/c1-2-4-13(11(19)20)5-3-6-18(8-13)12(21)14-7-10-15-9-16-17-10/h9H,2-8H2,1H3,(H,14,21)(H,19,20)(H,15,16,17). The molecule has 1 aromatic heterocycles. The van der Waals surface area contributed by atoms with E-state index < -0.39 is 11.4 Å². The van der Waals surface area contributed by atoms with Gasteiger partial charge in [0.1, 0.15) is 12.2 Å². The number of amides is 2. The van der Waals surface area contributed by atoms with Gasteiger partial charge in [0.25, 0.3) is 0 Å². The fourth-order valence-electron chi connectivity index (χ4n) is 2.86. The summed E-state index contributed by atoms with van der Waals surface area (Å²) in [5, 5.41) is 18.6. The van der Waals surface area contributed by atoms with E-state index in [9.17, 15) is 14.7 Å². The molecule has 0 saturated carbocycles. The van der Waals surface area contributed by atoms with Crippen molar-refractivity contribution in [2.75, 3.05) is 13.1 Å². The van der Waals surface area contributed by atoms with Gasteiger partial charge in [0.15, 0.2) is 0 Å². The number of aromatic amines is 1. The first-order valence-corrected chi connectivity index (χ1v) is 7.18. The largest absolute Gasteiger partial charge is 0.481 e. The summed E-state index contributed by atoms with van der Waals surface area (Å²) in [5.41, 5.74) is -0.809. The summed E-state index contributed by atoms with van der Waals surface area (Å²) in [6.07, 6.45) is 4.09. The van der Waals surface area contributed by atoms with E-state index in [1.165, 1.54) is 6.33 Å². The zero-order chi connectivity index (χ0) is 15.3. The van der Waals surface area contributed by atoms with Gasteiger partial charge in [-0.05, 0) is 19.3 Å². The number of hydrogen-bond acceptors (Lipinski definition) is 4. The molecule has 8 nitrogen and oxygen atoms in total. The Hall–Kier alpha value is -2.12. The molecule has 1 aliphatic heterocycles. The van der Waals surface area contributed by atoms with E-state index in [4.69, 9.17) is 0 Å². The minimum Gasteiger partial charge on any atom is -0.481 e. The summed E-state index contributed by atoms with van der Waals surface area (Å²) in [6, 6.07) is -0.257. The molecule has 0 bridgehead atoms. The molecule has 2 amide bonds. The lowest BCUT2D eigenvalue weighted by atomic mass is 9.76. The highest BCUT2D eigenvalue weighted by Crippen LogP contribution is 2.35. The highest BCUT2D eigenvalue weighted by atomic mass is 16.4. The van der Waals surface area contributed by atoms with Crippen LogP contribution < -0.4 is 5.32 Å². The third-order valence-corrected chi connectivity index (χ3v) is 3.92. The van der Waals surface area contributed by atoms with E-state index in [0.717, 1.165) is 6.42 Å². The van der Waals surface area contributed by atoms with Gasteiger partial charge in [-0.15, -0.1) is 0 Å². The molecular weight excluding hydrogens is 274 g/mol. The SMILES string of the molecule is CCCC1(C(=O)O)CCCN(C(=O)NCc2ncn[nH]2)C1. The molecule has 116 valence electrons. The zero-order valence-electron chi connectivity index (χ0n) is 12.1. The summed E-state index contributed by atoms with van der Waals surface area (Å²) in [6.45, 7) is 3.07. The summed E-state index contributed by atoms with van der Waals surface area (Å²) < 4.78 is 0. The molecule has 21 heavy (non-hydrogen) atoms. The van der Waals surface area contributed by atoms with Crippen molar-refractivity contribution in [3.05, 3.63) is 12.2 Å². The molecule has 1 saturated heterocycles. The number of hydrogen-bond donors (Lipinski definition) is 3. The van der Waals surface area contributed by atoms with Gasteiger partial charge in [0.05, 0.1) is 12.0 Å². The number of urea groups is 1. The Balaban J connectivity index is 1.96. The van der Waals surface area contributed by atoms with E-state index in [-0.39, 0.29) is 19.1 Å². The van der Waals surface area contributed by atoms with Gasteiger partial charge >= 0.3 is 12.0 Å². The van der Waals surface area contributed by atoms with Crippen molar-refractivity contribution in [1.29, 1.82) is 0 Å². The molecule has 2 heterocycles. The van der Waals surface area contributed by atoms with Crippen molar-refractivity contribution in [3.8, 4) is 0 Å². The lowest BCUT2D eigenvalue weighted by Crippen LogP contribution is -2.52. The predicted octanol–water partition coefficient (Wildman–Crippen LogP) is 0.981. The maximum Gasteiger partial charge on any atom is 0.317 e. The monoisotopic (exact) mass is 295 g/mol. The van der Waals surface area contributed by atoms with Crippen LogP contribution in [0.4, 0.5) is 4.79 Å². The molecule has 0 aromatic carbocycles. The number of nitrogens with one attached hydrogen (secondary N) is 2. The van der Waals surface area contributed by atoms with Crippen molar-refractivity contribution >= 4 is 12.0 Å². The Morgan fingerprint density at radius 3 is 3.00 bits per heavy atom. The van der Waals surface area contributed by atoms with Crippen LogP contribution in [0.15, 0.2) is 6.33 Å². The number of H-pyrrole nitrogens is 1. The first-order valence-electron chi connectivity index (χ1n) is 7.18. The van der Waals surface area contributed by atoms with Crippen LogP contribution in [-0.2, 0) is 11.3 Å². The Bertz CT molecular complexity index is 486. The molecule has 8 heteroatoms. The Kier molecular flexibility index (Phi) is 4.77. The second-order valence-electron chi connectivity index (χ2n) is 5.45. The average Bonchev–Trinajstić information content (AvgIpc) is 2.98. The molecule has 0 spiro atoms. The van der Waals surface area contributed by atoms with Crippen molar-refractivity contribution < 1.29 is 14.7 Å². The van der Waals surface area contributed by atoms with Gasteiger partial charge in [-0.3, -0.25) is 9.89 Å². The molecular formula is C13H21N5O3. The molecule has 1 unspecified atom stereocenters. The fourth-order valence-corrected chi connectivity index (χ4v) is 2.86. The number of carboxylic acids is 1. The van der Waals surface area contributed by atoms with E-state index in [2.05, 4.69) is 20.5 Å². The Labute approximate surface area is 122 Å². The summed E-state index contributed by atoms with van der Waals surface area (Å²) in [7, 11) is 0.